The van der Waals surface area contributed by atoms with E-state index in [4.69, 9.17) is 23.4 Å². The third kappa shape index (κ3) is 8.21. The monoisotopic (exact) mass is 688 g/mol. The van der Waals surface area contributed by atoms with E-state index in [2.05, 4.69) is 33.9 Å². The Bertz CT molecular complexity index is 1270. The molecule has 2 amide bonds. The average Bonchev–Trinajstić information content (AvgIpc) is 3.14. The zero-order valence-electron chi connectivity index (χ0n) is 31.1. The van der Waals surface area contributed by atoms with Gasteiger partial charge in [0.25, 0.3) is 0 Å². The van der Waals surface area contributed by atoms with Crippen LogP contribution in [0.15, 0.2) is 24.3 Å². The van der Waals surface area contributed by atoms with Crippen molar-refractivity contribution in [3.8, 4) is 5.75 Å². The van der Waals surface area contributed by atoms with Crippen LogP contribution in [-0.2, 0) is 34.8 Å². The van der Waals surface area contributed by atoms with Gasteiger partial charge in [0.05, 0.1) is 38.3 Å². The SMILES string of the molecule is CCOC(=O)CC12C3CCN(C(=O)OC(C)(C)C)C1C(CO[Si](C)(C)C(C)(C)C)CC3C(=O)N2CCCCOCc1ccc(OC)cc1. The summed E-state index contributed by atoms with van der Waals surface area (Å²) in [5.74, 6) is 0.119. The number of nitrogens with zero attached hydrogens (tertiary/aromatic N) is 2. The van der Waals surface area contributed by atoms with E-state index in [1.165, 1.54) is 0 Å². The summed E-state index contributed by atoms with van der Waals surface area (Å²) in [5.41, 5.74) is -0.523. The summed E-state index contributed by atoms with van der Waals surface area (Å²) in [5, 5.41) is 0.000518. The number of amides is 2. The van der Waals surface area contributed by atoms with Crippen LogP contribution in [0.4, 0.5) is 4.79 Å². The number of methoxy groups -OCH3 is 1. The van der Waals surface area contributed by atoms with Crippen LogP contribution in [0.25, 0.3) is 0 Å². The van der Waals surface area contributed by atoms with Crippen LogP contribution in [0.5, 0.6) is 5.75 Å². The standard InChI is InChI=1S/C37H60N2O8Si/c1-11-45-31(40)23-37-30-18-20-38(34(42)47-35(2,3)4)32(37)27(25-46-48(9,10)36(5,6)7)22-29(30)33(41)39(37)19-12-13-21-44-24-26-14-16-28(43-8)17-15-26/h14-17,27,29-30,32H,11-13,18-25H2,1-10H3. The highest BCUT2D eigenvalue weighted by atomic mass is 28.4. The summed E-state index contributed by atoms with van der Waals surface area (Å²) in [7, 11) is -0.507. The summed E-state index contributed by atoms with van der Waals surface area (Å²) < 4.78 is 29.6. The largest absolute Gasteiger partial charge is 0.497 e. The molecule has 4 bridgehead atoms. The van der Waals surface area contributed by atoms with Crippen LogP contribution in [0.1, 0.15) is 86.1 Å². The molecule has 10 nitrogen and oxygen atoms in total. The molecule has 3 aliphatic rings. The van der Waals surface area contributed by atoms with Crippen LogP contribution in [0.3, 0.4) is 0 Å². The van der Waals surface area contributed by atoms with Crippen molar-refractivity contribution >= 4 is 26.3 Å². The molecule has 1 saturated carbocycles. The number of rotatable bonds is 14. The predicted octanol–water partition coefficient (Wildman–Crippen LogP) is 6.81. The molecule has 2 saturated heterocycles. The van der Waals surface area contributed by atoms with E-state index in [0.29, 0.717) is 52.2 Å². The molecule has 5 atom stereocenters. The van der Waals surface area contributed by atoms with Crippen molar-refractivity contribution in [2.75, 3.05) is 40.0 Å². The van der Waals surface area contributed by atoms with Crippen LogP contribution in [0.2, 0.25) is 18.1 Å². The number of likely N-dealkylation sites (tertiary alicyclic amines) is 2. The molecule has 4 rings (SSSR count). The number of hydrogen-bond donors (Lipinski definition) is 0. The van der Waals surface area contributed by atoms with Crippen LogP contribution >= 0.6 is 0 Å². The van der Waals surface area contributed by atoms with E-state index in [9.17, 15) is 14.4 Å². The number of unbranched alkanes of at least 4 members (excludes halogenated alkanes) is 1. The fourth-order valence-electron chi connectivity index (χ4n) is 7.72. The third-order valence-electron chi connectivity index (χ3n) is 10.9. The fraction of sp³-hybridized carbons (Fsp3) is 0.757. The molecule has 270 valence electrons. The number of ether oxygens (including phenoxy) is 4. The summed E-state index contributed by atoms with van der Waals surface area (Å²) >= 11 is 0. The van der Waals surface area contributed by atoms with Crippen molar-refractivity contribution in [3.05, 3.63) is 29.8 Å². The molecule has 2 heterocycles. The Morgan fingerprint density at radius 2 is 1.73 bits per heavy atom. The molecule has 0 N–H and O–H groups in total. The lowest BCUT2D eigenvalue weighted by Gasteiger charge is -2.59. The number of carbonyl (C=O) groups excluding carboxylic acids is 3. The van der Waals surface area contributed by atoms with Gasteiger partial charge in [0.15, 0.2) is 8.32 Å². The van der Waals surface area contributed by atoms with Crippen LogP contribution in [0, 0.1) is 17.8 Å². The van der Waals surface area contributed by atoms with Crippen molar-refractivity contribution in [1.82, 2.24) is 9.80 Å². The van der Waals surface area contributed by atoms with Gasteiger partial charge < -0.3 is 33.2 Å². The maximum absolute atomic E-state index is 14.4. The zero-order chi connectivity index (χ0) is 35.5. The first-order chi connectivity index (χ1) is 22.4. The smallest absolute Gasteiger partial charge is 0.410 e. The Hall–Kier alpha value is -2.63. The molecule has 1 aromatic rings. The summed E-state index contributed by atoms with van der Waals surface area (Å²) in [6.45, 7) is 21.1. The minimum Gasteiger partial charge on any atom is -0.497 e. The van der Waals surface area contributed by atoms with Gasteiger partial charge >= 0.3 is 12.1 Å². The molecule has 3 fully saturated rings. The second kappa shape index (κ2) is 15.1. The lowest BCUT2D eigenvalue weighted by molar-refractivity contribution is -0.156. The molecule has 11 heteroatoms. The quantitative estimate of drug-likeness (QED) is 0.119. The average molecular weight is 689 g/mol. The molecule has 1 aliphatic carbocycles. The van der Waals surface area contributed by atoms with Crippen molar-refractivity contribution in [1.29, 1.82) is 0 Å². The predicted molar refractivity (Wildman–Crippen MR) is 187 cm³/mol. The molecule has 5 unspecified atom stereocenters. The number of carbonyl (C=O) groups is 3. The number of hydrogen-bond acceptors (Lipinski definition) is 8. The van der Waals surface area contributed by atoms with E-state index < -0.39 is 31.6 Å². The number of piperidine rings is 1. The third-order valence-corrected chi connectivity index (χ3v) is 15.4. The highest BCUT2D eigenvalue weighted by Crippen LogP contribution is 2.59. The first kappa shape index (κ1) is 38.2. The normalized spacial score (nSPS) is 25.7. The molecular formula is C37H60N2O8Si. The van der Waals surface area contributed by atoms with Crippen molar-refractivity contribution in [2.45, 2.75) is 122 Å². The van der Waals surface area contributed by atoms with Crippen molar-refractivity contribution < 1.29 is 37.8 Å². The lowest BCUT2D eigenvalue weighted by atomic mass is 9.58. The van der Waals surface area contributed by atoms with E-state index in [1.54, 1.807) is 14.0 Å². The topological polar surface area (TPSA) is 104 Å². The maximum atomic E-state index is 14.4. The zero-order valence-corrected chi connectivity index (χ0v) is 32.1. The van der Waals surface area contributed by atoms with E-state index in [1.807, 2.05) is 54.8 Å². The first-order valence-corrected chi connectivity index (χ1v) is 20.7. The van der Waals surface area contributed by atoms with Crippen LogP contribution in [-0.4, -0.2) is 93.3 Å². The second-order valence-electron chi connectivity index (χ2n) is 16.3. The Labute approximate surface area is 289 Å². The van der Waals surface area contributed by atoms with Gasteiger partial charge in [-0.15, -0.1) is 0 Å². The Morgan fingerprint density at radius 1 is 1.04 bits per heavy atom. The molecule has 0 aromatic heterocycles. The van der Waals surface area contributed by atoms with Crippen molar-refractivity contribution in [3.63, 3.8) is 0 Å². The first-order valence-electron chi connectivity index (χ1n) is 17.8. The van der Waals surface area contributed by atoms with E-state index >= 15 is 0 Å². The van der Waals surface area contributed by atoms with Gasteiger partial charge in [0, 0.05) is 38.1 Å². The Kier molecular flexibility index (Phi) is 12.0. The molecule has 1 aromatic carbocycles. The summed E-state index contributed by atoms with van der Waals surface area (Å²) in [4.78, 5) is 45.6. The highest BCUT2D eigenvalue weighted by Gasteiger charge is 2.70. The Balaban J connectivity index is 1.61. The van der Waals surface area contributed by atoms with Gasteiger partial charge in [0.2, 0.25) is 5.91 Å². The van der Waals surface area contributed by atoms with Gasteiger partial charge in [-0.05, 0) is 95.1 Å². The maximum Gasteiger partial charge on any atom is 0.410 e. The molecular weight excluding hydrogens is 628 g/mol. The molecule has 0 spiro atoms. The fourth-order valence-corrected chi connectivity index (χ4v) is 8.78. The summed E-state index contributed by atoms with van der Waals surface area (Å²) in [6, 6.07) is 7.37. The lowest BCUT2D eigenvalue weighted by Crippen LogP contribution is -2.72. The number of esters is 1. The second-order valence-corrected chi connectivity index (χ2v) is 21.1. The van der Waals surface area contributed by atoms with E-state index in [0.717, 1.165) is 17.7 Å². The van der Waals surface area contributed by atoms with Gasteiger partial charge in [-0.1, -0.05) is 32.9 Å². The van der Waals surface area contributed by atoms with Gasteiger partial charge in [-0.3, -0.25) is 9.59 Å². The minimum atomic E-state index is -2.15. The molecule has 2 aliphatic heterocycles. The van der Waals surface area contributed by atoms with Gasteiger partial charge in [-0.25, -0.2) is 4.79 Å². The molecule has 0 radical (unpaired) electrons. The van der Waals surface area contributed by atoms with Gasteiger partial charge in [0.1, 0.15) is 11.4 Å². The summed E-state index contributed by atoms with van der Waals surface area (Å²) in [6.07, 6.45) is 2.35. The van der Waals surface area contributed by atoms with Gasteiger partial charge in [-0.2, -0.15) is 0 Å². The minimum absolute atomic E-state index is 0.000518. The number of benzene rings is 1. The van der Waals surface area contributed by atoms with E-state index in [-0.39, 0.29) is 47.7 Å². The van der Waals surface area contributed by atoms with Crippen molar-refractivity contribution in [2.24, 2.45) is 17.8 Å². The van der Waals surface area contributed by atoms with Crippen LogP contribution < -0.4 is 4.74 Å². The highest BCUT2D eigenvalue weighted by molar-refractivity contribution is 6.74. The molecule has 48 heavy (non-hydrogen) atoms. The Morgan fingerprint density at radius 3 is 2.33 bits per heavy atom.